The summed E-state index contributed by atoms with van der Waals surface area (Å²) in [7, 11) is 1.57. The summed E-state index contributed by atoms with van der Waals surface area (Å²) in [5, 5.41) is 0. The topological polar surface area (TPSA) is 51.1 Å². The zero-order valence-electron chi connectivity index (χ0n) is 12.0. The van der Waals surface area contributed by atoms with Crippen LogP contribution in [0.25, 0.3) is 0 Å². The van der Waals surface area contributed by atoms with Crippen LogP contribution >= 0.6 is 0 Å². The van der Waals surface area contributed by atoms with Gasteiger partial charge in [-0.2, -0.15) is 4.99 Å². The molecule has 0 bridgehead atoms. The molecule has 1 aliphatic rings. The number of likely N-dealkylation sites (tertiary alicyclic amines) is 1. The number of aliphatic imine (C=N–C) groups is 1. The van der Waals surface area contributed by atoms with Gasteiger partial charge in [-0.3, -0.25) is 4.79 Å². The molecule has 6 heteroatoms. The van der Waals surface area contributed by atoms with Crippen molar-refractivity contribution in [2.45, 2.75) is 12.8 Å². The van der Waals surface area contributed by atoms with E-state index in [1.54, 1.807) is 13.2 Å². The Labute approximate surface area is 123 Å². The maximum Gasteiger partial charge on any atom is 0.295 e. The van der Waals surface area contributed by atoms with Crippen molar-refractivity contribution in [2.24, 2.45) is 4.99 Å². The summed E-state index contributed by atoms with van der Waals surface area (Å²) in [4.78, 5) is 17.9. The van der Waals surface area contributed by atoms with E-state index in [2.05, 4.69) is 4.99 Å². The summed E-state index contributed by atoms with van der Waals surface area (Å²) in [6.45, 7) is 2.28. The van der Waals surface area contributed by atoms with Crippen molar-refractivity contribution in [3.63, 3.8) is 0 Å². The van der Waals surface area contributed by atoms with Crippen molar-refractivity contribution in [1.82, 2.24) is 4.90 Å². The van der Waals surface area contributed by atoms with Crippen LogP contribution in [0, 0.1) is 5.82 Å². The van der Waals surface area contributed by atoms with E-state index in [-0.39, 0.29) is 11.6 Å². The number of rotatable bonds is 4. The molecule has 5 nitrogen and oxygen atoms in total. The number of hydrogen-bond donors (Lipinski definition) is 0. The van der Waals surface area contributed by atoms with Gasteiger partial charge in [0, 0.05) is 20.2 Å². The number of hydrogen-bond acceptors (Lipinski definition) is 3. The van der Waals surface area contributed by atoms with Crippen LogP contribution in [0.4, 0.5) is 4.39 Å². The van der Waals surface area contributed by atoms with Crippen molar-refractivity contribution in [1.29, 1.82) is 0 Å². The van der Waals surface area contributed by atoms with E-state index in [0.717, 1.165) is 25.9 Å². The molecule has 21 heavy (non-hydrogen) atoms. The molecule has 1 aliphatic heterocycles. The first-order valence-corrected chi connectivity index (χ1v) is 6.96. The monoisotopic (exact) mass is 294 g/mol. The van der Waals surface area contributed by atoms with Crippen molar-refractivity contribution in [2.75, 3.05) is 33.4 Å². The third-order valence-electron chi connectivity index (χ3n) is 3.20. The van der Waals surface area contributed by atoms with E-state index in [1.807, 2.05) is 4.90 Å². The lowest BCUT2D eigenvalue weighted by Crippen LogP contribution is -2.32. The molecule has 1 aromatic carbocycles. The second-order valence-electron chi connectivity index (χ2n) is 4.71. The Morgan fingerprint density at radius 3 is 2.67 bits per heavy atom. The summed E-state index contributed by atoms with van der Waals surface area (Å²) in [5.74, 6) is -1.21. The Bertz CT molecular complexity index is 513. The maximum absolute atomic E-state index is 13.6. The van der Waals surface area contributed by atoms with Gasteiger partial charge in [-0.25, -0.2) is 4.39 Å². The number of carbonyl (C=O) groups is 1. The fourth-order valence-electron chi connectivity index (χ4n) is 2.10. The van der Waals surface area contributed by atoms with Gasteiger partial charge in [0.15, 0.2) is 0 Å². The maximum atomic E-state index is 13.6. The van der Waals surface area contributed by atoms with E-state index in [9.17, 15) is 9.18 Å². The highest BCUT2D eigenvalue weighted by Gasteiger charge is 2.20. The minimum absolute atomic E-state index is 0.0514. The van der Waals surface area contributed by atoms with Crippen LogP contribution < -0.4 is 0 Å². The molecule has 0 unspecified atom stereocenters. The van der Waals surface area contributed by atoms with Crippen LogP contribution in [0.5, 0.6) is 0 Å². The van der Waals surface area contributed by atoms with Gasteiger partial charge in [0.05, 0.1) is 12.2 Å². The van der Waals surface area contributed by atoms with Crippen molar-refractivity contribution in [3.8, 4) is 0 Å². The first kappa shape index (κ1) is 15.4. The number of amidine groups is 1. The van der Waals surface area contributed by atoms with Crippen LogP contribution in [-0.4, -0.2) is 50.2 Å². The molecular weight excluding hydrogens is 275 g/mol. The number of methoxy groups -OCH3 is 1. The highest BCUT2D eigenvalue weighted by atomic mass is 19.1. The Balaban J connectivity index is 2.14. The van der Waals surface area contributed by atoms with Gasteiger partial charge in [-0.1, -0.05) is 12.1 Å². The van der Waals surface area contributed by atoms with Crippen LogP contribution in [0.15, 0.2) is 29.3 Å². The fourth-order valence-corrected chi connectivity index (χ4v) is 2.10. The van der Waals surface area contributed by atoms with Gasteiger partial charge >= 0.3 is 0 Å². The van der Waals surface area contributed by atoms with E-state index in [0.29, 0.717) is 13.2 Å². The quantitative estimate of drug-likeness (QED) is 0.485. The zero-order valence-corrected chi connectivity index (χ0v) is 12.0. The average molecular weight is 294 g/mol. The molecule has 1 saturated heterocycles. The molecule has 0 saturated carbocycles. The molecule has 0 spiro atoms. The molecule has 0 aromatic heterocycles. The second kappa shape index (κ2) is 7.73. The fraction of sp³-hybridized carbons (Fsp3) is 0.467. The smallest absolute Gasteiger partial charge is 0.295 e. The van der Waals surface area contributed by atoms with E-state index in [4.69, 9.17) is 9.47 Å². The van der Waals surface area contributed by atoms with Crippen LogP contribution in [0.1, 0.15) is 23.2 Å². The number of amides is 1. The Kier molecular flexibility index (Phi) is 5.68. The predicted octanol–water partition coefficient (Wildman–Crippen LogP) is 2.08. The normalized spacial score (nSPS) is 15.3. The number of halogens is 1. The molecular formula is C15H19FN2O3. The van der Waals surface area contributed by atoms with Gasteiger partial charge in [-0.05, 0) is 25.0 Å². The molecule has 1 amide bonds. The minimum atomic E-state index is -0.632. The number of nitrogens with zero attached hydrogens (tertiary/aromatic N) is 2. The first-order chi connectivity index (χ1) is 10.2. The molecule has 0 aliphatic carbocycles. The van der Waals surface area contributed by atoms with Crippen molar-refractivity contribution < 1.29 is 18.7 Å². The zero-order chi connectivity index (χ0) is 15.1. The van der Waals surface area contributed by atoms with Gasteiger partial charge in [0.25, 0.3) is 11.9 Å². The molecule has 2 rings (SSSR count). The van der Waals surface area contributed by atoms with E-state index in [1.165, 1.54) is 18.2 Å². The Morgan fingerprint density at radius 1 is 1.29 bits per heavy atom. The lowest BCUT2D eigenvalue weighted by molar-refractivity contribution is 0.0980. The Hall–Kier alpha value is -1.95. The largest absolute Gasteiger partial charge is 0.462 e. The third-order valence-corrected chi connectivity index (χ3v) is 3.20. The van der Waals surface area contributed by atoms with Gasteiger partial charge < -0.3 is 14.4 Å². The highest BCUT2D eigenvalue weighted by molar-refractivity contribution is 6.01. The van der Waals surface area contributed by atoms with E-state index < -0.39 is 11.7 Å². The Morgan fingerprint density at radius 2 is 2.00 bits per heavy atom. The second-order valence-corrected chi connectivity index (χ2v) is 4.71. The van der Waals surface area contributed by atoms with Crippen LogP contribution in [-0.2, 0) is 9.47 Å². The van der Waals surface area contributed by atoms with Crippen LogP contribution in [0.2, 0.25) is 0 Å². The minimum Gasteiger partial charge on any atom is -0.462 e. The number of carbonyl (C=O) groups excluding carboxylic acids is 1. The molecule has 1 aromatic rings. The third kappa shape index (κ3) is 4.26. The van der Waals surface area contributed by atoms with Crippen molar-refractivity contribution >= 4 is 11.9 Å². The first-order valence-electron chi connectivity index (χ1n) is 6.96. The molecule has 114 valence electrons. The van der Waals surface area contributed by atoms with Gasteiger partial charge in [0.1, 0.15) is 12.4 Å². The number of ether oxygens (including phenoxy) is 2. The molecule has 0 atom stereocenters. The van der Waals surface area contributed by atoms with Gasteiger partial charge in [-0.15, -0.1) is 0 Å². The standard InChI is InChI=1S/C15H19FN2O3/c1-20-10-11-21-15(18-8-4-5-9-18)17-14(19)12-6-2-3-7-13(12)16/h2-3,6-7H,4-5,8-11H2,1H3. The molecule has 1 fully saturated rings. The number of benzene rings is 1. The molecule has 0 radical (unpaired) electrons. The van der Waals surface area contributed by atoms with Crippen molar-refractivity contribution in [3.05, 3.63) is 35.6 Å². The van der Waals surface area contributed by atoms with Crippen LogP contribution in [0.3, 0.4) is 0 Å². The van der Waals surface area contributed by atoms with E-state index >= 15 is 0 Å². The van der Waals surface area contributed by atoms with Gasteiger partial charge in [0.2, 0.25) is 0 Å². The summed E-state index contributed by atoms with van der Waals surface area (Å²) >= 11 is 0. The predicted molar refractivity (Wildman–Crippen MR) is 76.8 cm³/mol. The SMILES string of the molecule is COCCOC(=NC(=O)c1ccccc1F)N1CCCC1. The lowest BCUT2D eigenvalue weighted by atomic mass is 10.2. The highest BCUT2D eigenvalue weighted by Crippen LogP contribution is 2.12. The molecule has 1 heterocycles. The average Bonchev–Trinajstić information content (AvgIpc) is 3.01. The summed E-state index contributed by atoms with van der Waals surface area (Å²) in [6, 6.07) is 6.04. The summed E-state index contributed by atoms with van der Waals surface area (Å²) < 4.78 is 24.0. The summed E-state index contributed by atoms with van der Waals surface area (Å²) in [5.41, 5.74) is -0.0514. The summed E-state index contributed by atoms with van der Waals surface area (Å²) in [6.07, 6.45) is 2.06. The molecule has 0 N–H and O–H groups in total. The lowest BCUT2D eigenvalue weighted by Gasteiger charge is -2.19.